The first-order valence-electron chi connectivity index (χ1n) is 8.91. The van der Waals surface area contributed by atoms with E-state index < -0.39 is 0 Å². The van der Waals surface area contributed by atoms with Crippen LogP contribution in [-0.4, -0.2) is 19.2 Å². The molecule has 0 unspecified atom stereocenters. The van der Waals surface area contributed by atoms with Gasteiger partial charge in [0.1, 0.15) is 17.3 Å². The van der Waals surface area contributed by atoms with E-state index in [4.69, 9.17) is 9.47 Å². The minimum Gasteiger partial charge on any atom is -0.497 e. The van der Waals surface area contributed by atoms with E-state index in [1.807, 2.05) is 36.5 Å². The highest BCUT2D eigenvalue weighted by Gasteiger charge is 2.12. The molecule has 0 bridgehead atoms. The molecule has 0 saturated heterocycles. The summed E-state index contributed by atoms with van der Waals surface area (Å²) in [7, 11) is 3.35. The van der Waals surface area contributed by atoms with Crippen LogP contribution in [-0.2, 0) is 13.1 Å². The van der Waals surface area contributed by atoms with Crippen LogP contribution in [0.25, 0.3) is 6.08 Å². The van der Waals surface area contributed by atoms with E-state index in [1.54, 1.807) is 20.3 Å². The van der Waals surface area contributed by atoms with Gasteiger partial charge < -0.3 is 14.4 Å². The van der Waals surface area contributed by atoms with Gasteiger partial charge in [-0.15, -0.1) is 0 Å². The Morgan fingerprint density at radius 1 is 0.929 bits per heavy atom. The van der Waals surface area contributed by atoms with Crippen molar-refractivity contribution >= 4 is 27.8 Å². The van der Waals surface area contributed by atoms with Gasteiger partial charge in [-0.25, -0.2) is 4.98 Å². The molecule has 0 spiro atoms. The van der Waals surface area contributed by atoms with Crippen LogP contribution in [0.1, 0.15) is 16.7 Å². The lowest BCUT2D eigenvalue weighted by molar-refractivity contribution is 0.414. The summed E-state index contributed by atoms with van der Waals surface area (Å²) in [6.45, 7) is 5.28. The van der Waals surface area contributed by atoms with E-state index in [0.717, 1.165) is 40.4 Å². The molecule has 28 heavy (non-hydrogen) atoms. The van der Waals surface area contributed by atoms with Crippen molar-refractivity contribution in [3.05, 3.63) is 88.5 Å². The van der Waals surface area contributed by atoms with E-state index in [-0.39, 0.29) is 0 Å². The van der Waals surface area contributed by atoms with Crippen LogP contribution in [0.4, 0.5) is 5.82 Å². The number of methoxy groups -OCH3 is 2. The van der Waals surface area contributed by atoms with Gasteiger partial charge in [0.25, 0.3) is 0 Å². The van der Waals surface area contributed by atoms with E-state index in [1.165, 1.54) is 11.1 Å². The van der Waals surface area contributed by atoms with Crippen molar-refractivity contribution in [2.75, 3.05) is 19.1 Å². The molecule has 1 aromatic heterocycles. The third-order valence-corrected chi connectivity index (χ3v) is 5.16. The summed E-state index contributed by atoms with van der Waals surface area (Å²) < 4.78 is 11.5. The summed E-state index contributed by atoms with van der Waals surface area (Å²) in [4.78, 5) is 6.88. The Morgan fingerprint density at radius 2 is 1.43 bits per heavy atom. The lowest BCUT2D eigenvalue weighted by Gasteiger charge is -2.25. The zero-order valence-corrected chi connectivity index (χ0v) is 17.6. The largest absolute Gasteiger partial charge is 0.497 e. The standard InChI is InChI=1S/C23H23BrN2O2/c1-4-19-14-25-23(13-22(19)24)26(15-17-5-9-20(27-2)10-6-17)16-18-7-11-21(28-3)12-8-18/h4-14H,1,15-16H2,2-3H3. The average Bonchev–Trinajstić information content (AvgIpc) is 2.74. The van der Waals surface area contributed by atoms with Crippen LogP contribution in [0.5, 0.6) is 11.5 Å². The van der Waals surface area contributed by atoms with Crippen LogP contribution in [0.2, 0.25) is 0 Å². The maximum atomic E-state index is 5.26. The summed E-state index contributed by atoms with van der Waals surface area (Å²) in [5.74, 6) is 2.59. The lowest BCUT2D eigenvalue weighted by atomic mass is 10.1. The predicted octanol–water partition coefficient (Wildman–Crippen LogP) is 5.71. The molecule has 0 radical (unpaired) electrons. The van der Waals surface area contributed by atoms with Crippen LogP contribution < -0.4 is 14.4 Å². The third kappa shape index (κ3) is 4.93. The van der Waals surface area contributed by atoms with E-state index in [9.17, 15) is 0 Å². The fourth-order valence-corrected chi connectivity index (χ4v) is 3.34. The summed E-state index contributed by atoms with van der Waals surface area (Å²) in [5, 5.41) is 0. The Balaban J connectivity index is 1.89. The van der Waals surface area contributed by atoms with Crippen LogP contribution in [0.3, 0.4) is 0 Å². The van der Waals surface area contributed by atoms with E-state index in [0.29, 0.717) is 0 Å². The summed E-state index contributed by atoms with van der Waals surface area (Å²) >= 11 is 3.61. The van der Waals surface area contributed by atoms with Crippen molar-refractivity contribution < 1.29 is 9.47 Å². The van der Waals surface area contributed by atoms with Gasteiger partial charge in [-0.2, -0.15) is 0 Å². The molecular formula is C23H23BrN2O2. The van der Waals surface area contributed by atoms with Gasteiger partial charge in [0.2, 0.25) is 0 Å². The predicted molar refractivity (Wildman–Crippen MR) is 118 cm³/mol. The molecule has 4 nitrogen and oxygen atoms in total. The van der Waals surface area contributed by atoms with Gasteiger partial charge in [0.15, 0.2) is 0 Å². The second-order valence-electron chi connectivity index (χ2n) is 6.32. The zero-order chi connectivity index (χ0) is 19.9. The van der Waals surface area contributed by atoms with Crippen molar-refractivity contribution in [2.24, 2.45) is 0 Å². The molecule has 0 atom stereocenters. The van der Waals surface area contributed by atoms with Gasteiger partial charge in [0, 0.05) is 29.3 Å². The fraction of sp³-hybridized carbons (Fsp3) is 0.174. The summed E-state index contributed by atoms with van der Waals surface area (Å²) in [6.07, 6.45) is 3.62. The Morgan fingerprint density at radius 3 is 1.82 bits per heavy atom. The Hall–Kier alpha value is -2.79. The van der Waals surface area contributed by atoms with E-state index in [2.05, 4.69) is 56.7 Å². The minimum absolute atomic E-state index is 0.725. The second-order valence-corrected chi connectivity index (χ2v) is 7.17. The lowest BCUT2D eigenvalue weighted by Crippen LogP contribution is -2.23. The Labute approximate surface area is 174 Å². The molecular weight excluding hydrogens is 416 g/mol. The molecule has 0 aliphatic rings. The first kappa shape index (κ1) is 20.0. The number of hydrogen-bond donors (Lipinski definition) is 0. The molecule has 3 rings (SSSR count). The van der Waals surface area contributed by atoms with Crippen LogP contribution in [0.15, 0.2) is 71.8 Å². The van der Waals surface area contributed by atoms with Crippen LogP contribution in [0, 0.1) is 0 Å². The van der Waals surface area contributed by atoms with Crippen molar-refractivity contribution in [1.82, 2.24) is 4.98 Å². The molecule has 3 aromatic rings. The molecule has 0 aliphatic carbocycles. The number of nitrogens with zero attached hydrogens (tertiary/aromatic N) is 2. The Kier molecular flexibility index (Phi) is 6.71. The quantitative estimate of drug-likeness (QED) is 0.450. The SMILES string of the molecule is C=Cc1cnc(N(Cc2ccc(OC)cc2)Cc2ccc(OC)cc2)cc1Br. The average molecular weight is 439 g/mol. The molecule has 0 fully saturated rings. The first-order chi connectivity index (χ1) is 13.6. The van der Waals surface area contributed by atoms with Crippen molar-refractivity contribution in [1.29, 1.82) is 0 Å². The van der Waals surface area contributed by atoms with Crippen molar-refractivity contribution in [2.45, 2.75) is 13.1 Å². The second kappa shape index (κ2) is 9.42. The molecule has 2 aromatic carbocycles. The van der Waals surface area contributed by atoms with E-state index >= 15 is 0 Å². The molecule has 144 valence electrons. The molecule has 0 N–H and O–H groups in total. The van der Waals surface area contributed by atoms with Gasteiger partial charge in [-0.1, -0.05) is 36.9 Å². The highest BCUT2D eigenvalue weighted by Crippen LogP contribution is 2.26. The smallest absolute Gasteiger partial charge is 0.130 e. The number of anilines is 1. The molecule has 1 heterocycles. The highest BCUT2D eigenvalue weighted by atomic mass is 79.9. The van der Waals surface area contributed by atoms with Gasteiger partial charge >= 0.3 is 0 Å². The maximum Gasteiger partial charge on any atom is 0.130 e. The topological polar surface area (TPSA) is 34.6 Å². The number of halogens is 1. The minimum atomic E-state index is 0.725. The number of ether oxygens (including phenoxy) is 2. The zero-order valence-electron chi connectivity index (χ0n) is 16.1. The van der Waals surface area contributed by atoms with Gasteiger partial charge in [0.05, 0.1) is 14.2 Å². The monoisotopic (exact) mass is 438 g/mol. The molecule has 5 heteroatoms. The number of rotatable bonds is 8. The van der Waals surface area contributed by atoms with Crippen molar-refractivity contribution in [3.63, 3.8) is 0 Å². The van der Waals surface area contributed by atoms with Gasteiger partial charge in [-0.05, 0) is 57.4 Å². The van der Waals surface area contributed by atoms with Gasteiger partial charge in [-0.3, -0.25) is 0 Å². The summed E-state index contributed by atoms with van der Waals surface area (Å²) in [5.41, 5.74) is 3.33. The number of benzene rings is 2. The number of aromatic nitrogens is 1. The van der Waals surface area contributed by atoms with Crippen LogP contribution >= 0.6 is 15.9 Å². The fourth-order valence-electron chi connectivity index (χ4n) is 2.87. The summed E-state index contributed by atoms with van der Waals surface area (Å²) in [6, 6.07) is 18.2. The normalized spacial score (nSPS) is 10.4. The maximum absolute atomic E-state index is 5.26. The molecule has 0 saturated carbocycles. The number of hydrogen-bond acceptors (Lipinski definition) is 4. The highest BCUT2D eigenvalue weighted by molar-refractivity contribution is 9.10. The van der Waals surface area contributed by atoms with Crippen molar-refractivity contribution in [3.8, 4) is 11.5 Å². The number of pyridine rings is 1. The third-order valence-electron chi connectivity index (χ3n) is 4.48. The molecule has 0 amide bonds. The molecule has 0 aliphatic heterocycles. The first-order valence-corrected chi connectivity index (χ1v) is 9.71. The Bertz CT molecular complexity index is 875.